The Bertz CT molecular complexity index is 1300. The van der Waals surface area contributed by atoms with Crippen LogP contribution in [0.15, 0.2) is 35.7 Å². The summed E-state index contributed by atoms with van der Waals surface area (Å²) in [6.45, 7) is 16.2. The molecule has 1 N–H and O–H groups in total. The molecular formula is C35H51N3O4. The Labute approximate surface area is 252 Å². The molecule has 1 atom stereocenters. The minimum atomic E-state index is -0.00886. The van der Waals surface area contributed by atoms with Crippen LogP contribution in [0.3, 0.4) is 0 Å². The number of Topliss-reactive ketones (excluding diaryl/α,β-unsaturated/α-hetero) is 1. The van der Waals surface area contributed by atoms with Gasteiger partial charge in [-0.25, -0.2) is 0 Å². The highest BCUT2D eigenvalue weighted by atomic mass is 16.5. The molecule has 2 aliphatic rings. The molecule has 7 heteroatoms. The van der Waals surface area contributed by atoms with E-state index in [2.05, 4.69) is 67.9 Å². The summed E-state index contributed by atoms with van der Waals surface area (Å²) < 4.78 is 17.9. The van der Waals surface area contributed by atoms with Gasteiger partial charge in [-0.1, -0.05) is 33.8 Å². The van der Waals surface area contributed by atoms with Crippen LogP contribution in [0, 0.1) is 18.3 Å². The molecule has 1 unspecified atom stereocenters. The highest BCUT2D eigenvalue weighted by Crippen LogP contribution is 2.47. The molecule has 0 saturated heterocycles. The number of carbonyl (C=O) groups is 1. The van der Waals surface area contributed by atoms with E-state index in [1.54, 1.807) is 7.11 Å². The number of benzene rings is 1. The smallest absolute Gasteiger partial charge is 0.163 e. The predicted octanol–water partition coefficient (Wildman–Crippen LogP) is 8.18. The third-order valence-corrected chi connectivity index (χ3v) is 8.05. The topological polar surface area (TPSA) is 76.7 Å². The Hall–Kier alpha value is -3.06. The normalized spacial score (nSPS) is 16.4. The molecule has 0 spiro atoms. The zero-order valence-electron chi connectivity index (χ0n) is 27.1. The molecule has 0 bridgehead atoms. The van der Waals surface area contributed by atoms with Gasteiger partial charge in [0.1, 0.15) is 0 Å². The fourth-order valence-electron chi connectivity index (χ4n) is 5.99. The van der Waals surface area contributed by atoms with Crippen molar-refractivity contribution in [1.82, 2.24) is 10.2 Å². The zero-order chi connectivity index (χ0) is 30.4. The van der Waals surface area contributed by atoms with E-state index in [4.69, 9.17) is 14.2 Å². The molecule has 0 aliphatic carbocycles. The Morgan fingerprint density at radius 1 is 1.14 bits per heavy atom. The van der Waals surface area contributed by atoms with Gasteiger partial charge in [0.2, 0.25) is 0 Å². The molecular weight excluding hydrogens is 526 g/mol. The zero-order valence-corrected chi connectivity index (χ0v) is 27.1. The molecule has 0 amide bonds. The van der Waals surface area contributed by atoms with Gasteiger partial charge in [0.25, 0.3) is 0 Å². The van der Waals surface area contributed by atoms with Gasteiger partial charge in [-0.3, -0.25) is 9.89 Å². The second-order valence-electron chi connectivity index (χ2n) is 13.2. The highest BCUT2D eigenvalue weighted by Gasteiger charge is 2.34. The molecule has 4 rings (SSSR count). The number of allylic oxidation sites excluding steroid dienone is 3. The lowest BCUT2D eigenvalue weighted by atomic mass is 9.84. The van der Waals surface area contributed by atoms with Gasteiger partial charge in [-0.05, 0) is 94.7 Å². The van der Waals surface area contributed by atoms with Gasteiger partial charge in [-0.2, -0.15) is 5.10 Å². The average molecular weight is 578 g/mol. The number of aromatic nitrogens is 2. The molecule has 1 aromatic heterocycles. The van der Waals surface area contributed by atoms with Crippen molar-refractivity contribution < 1.29 is 19.0 Å². The number of aryl methyl sites for hydroxylation is 2. The predicted molar refractivity (Wildman–Crippen MR) is 170 cm³/mol. The lowest BCUT2D eigenvalue weighted by molar-refractivity contribution is -0.119. The van der Waals surface area contributed by atoms with E-state index < -0.39 is 0 Å². The number of ether oxygens (including phenoxy) is 3. The molecule has 0 fully saturated rings. The Balaban J connectivity index is 1.76. The fraction of sp³-hybridized carbons (Fsp3) is 0.600. The minimum absolute atomic E-state index is 0.00239. The SMILES string of the molecule is CCC(CCCOCC(C)(C)C)C(=O)C1=C2CCc3cc(OC)c(OC(C)C)cc3N2C(c2[nH]ncc2C)=CCCC1. The van der Waals surface area contributed by atoms with Crippen molar-refractivity contribution in [2.75, 3.05) is 25.2 Å². The monoisotopic (exact) mass is 577 g/mol. The maximum atomic E-state index is 14.3. The van der Waals surface area contributed by atoms with E-state index in [1.165, 1.54) is 5.56 Å². The van der Waals surface area contributed by atoms with Crippen LogP contribution < -0.4 is 14.4 Å². The van der Waals surface area contributed by atoms with Crippen molar-refractivity contribution in [3.63, 3.8) is 0 Å². The Morgan fingerprint density at radius 3 is 2.57 bits per heavy atom. The second-order valence-corrected chi connectivity index (χ2v) is 13.2. The summed E-state index contributed by atoms with van der Waals surface area (Å²) in [6, 6.07) is 4.20. The number of nitrogens with one attached hydrogen (secondary N) is 1. The number of methoxy groups -OCH3 is 1. The number of carbonyl (C=O) groups excluding carboxylic acids is 1. The molecule has 42 heavy (non-hydrogen) atoms. The van der Waals surface area contributed by atoms with Crippen molar-refractivity contribution in [1.29, 1.82) is 0 Å². The van der Waals surface area contributed by atoms with Gasteiger partial charge >= 0.3 is 0 Å². The average Bonchev–Trinajstić information content (AvgIpc) is 3.35. The van der Waals surface area contributed by atoms with Crippen molar-refractivity contribution in [2.45, 2.75) is 106 Å². The van der Waals surface area contributed by atoms with Gasteiger partial charge in [0, 0.05) is 29.9 Å². The lowest BCUT2D eigenvalue weighted by Gasteiger charge is -2.38. The number of nitrogens with zero attached hydrogens (tertiary/aromatic N) is 2. The van der Waals surface area contributed by atoms with Gasteiger partial charge in [0.15, 0.2) is 17.3 Å². The molecule has 2 aromatic rings. The molecule has 0 radical (unpaired) electrons. The van der Waals surface area contributed by atoms with Crippen LogP contribution in [0.5, 0.6) is 11.5 Å². The number of hydrogen-bond donors (Lipinski definition) is 1. The molecule has 7 nitrogen and oxygen atoms in total. The molecule has 3 heterocycles. The maximum Gasteiger partial charge on any atom is 0.163 e. The first-order chi connectivity index (χ1) is 20.0. The van der Waals surface area contributed by atoms with Crippen molar-refractivity contribution >= 4 is 17.2 Å². The third-order valence-electron chi connectivity index (χ3n) is 8.05. The number of rotatable bonds is 12. The van der Waals surface area contributed by atoms with Gasteiger partial charge in [-0.15, -0.1) is 0 Å². The van der Waals surface area contributed by atoms with Crippen LogP contribution in [0.2, 0.25) is 0 Å². The van der Waals surface area contributed by atoms with Crippen LogP contribution in [-0.2, 0) is 16.0 Å². The number of ketones is 1. The van der Waals surface area contributed by atoms with Gasteiger partial charge < -0.3 is 19.1 Å². The highest BCUT2D eigenvalue weighted by molar-refractivity contribution is 6.00. The lowest BCUT2D eigenvalue weighted by Crippen LogP contribution is -2.32. The number of aromatic amines is 1. The number of H-pyrrole nitrogens is 1. The second kappa shape index (κ2) is 13.9. The Kier molecular flexibility index (Phi) is 10.6. The van der Waals surface area contributed by atoms with E-state index in [9.17, 15) is 4.79 Å². The van der Waals surface area contributed by atoms with Crippen molar-refractivity contribution in [2.24, 2.45) is 11.3 Å². The first-order valence-electron chi connectivity index (χ1n) is 15.8. The third kappa shape index (κ3) is 7.47. The number of hydrogen-bond acceptors (Lipinski definition) is 6. The molecule has 0 saturated carbocycles. The van der Waals surface area contributed by atoms with E-state index in [0.717, 1.165) is 97.6 Å². The maximum absolute atomic E-state index is 14.3. The number of anilines is 1. The van der Waals surface area contributed by atoms with E-state index in [1.807, 2.05) is 20.0 Å². The van der Waals surface area contributed by atoms with Gasteiger partial charge in [0.05, 0.1) is 43.1 Å². The number of fused-ring (bicyclic) bond motifs is 3. The van der Waals surface area contributed by atoms with Crippen LogP contribution in [0.25, 0.3) is 5.70 Å². The molecule has 2 aliphatic heterocycles. The summed E-state index contributed by atoms with van der Waals surface area (Å²) in [5.74, 6) is 1.74. The summed E-state index contributed by atoms with van der Waals surface area (Å²) in [5, 5.41) is 7.60. The van der Waals surface area contributed by atoms with Crippen LogP contribution in [0.1, 0.15) is 103 Å². The summed E-state index contributed by atoms with van der Waals surface area (Å²) in [7, 11) is 1.69. The first kappa shape index (κ1) is 31.9. The van der Waals surface area contributed by atoms with Crippen molar-refractivity contribution in [3.05, 3.63) is 52.5 Å². The summed E-state index contributed by atoms with van der Waals surface area (Å²) in [6.07, 6.45) is 11.0. The van der Waals surface area contributed by atoms with E-state index in [0.29, 0.717) is 18.1 Å². The summed E-state index contributed by atoms with van der Waals surface area (Å²) >= 11 is 0. The van der Waals surface area contributed by atoms with Crippen LogP contribution >= 0.6 is 0 Å². The summed E-state index contributed by atoms with van der Waals surface area (Å²) in [4.78, 5) is 16.7. The van der Waals surface area contributed by atoms with Crippen LogP contribution in [0.4, 0.5) is 5.69 Å². The standard InChI is InChI=1S/C35H51N3O4/c1-9-25(13-12-18-41-22-35(5,6)7)34(39)27-14-10-11-15-29(33-24(4)21-36-37-33)38-28(27)17-16-26-19-31(40-8)32(20-30(26)38)42-23(2)3/h15,19-21,23,25H,9-14,16-18,22H2,1-8H3,(H,36,37). The molecule has 230 valence electrons. The fourth-order valence-corrected chi connectivity index (χ4v) is 5.99. The van der Waals surface area contributed by atoms with E-state index >= 15 is 0 Å². The minimum Gasteiger partial charge on any atom is -0.493 e. The van der Waals surface area contributed by atoms with E-state index in [-0.39, 0.29) is 17.4 Å². The summed E-state index contributed by atoms with van der Waals surface area (Å²) in [5.41, 5.74) is 7.58. The van der Waals surface area contributed by atoms with Crippen LogP contribution in [-0.4, -0.2) is 42.4 Å². The molecule has 1 aromatic carbocycles. The van der Waals surface area contributed by atoms with Crippen molar-refractivity contribution in [3.8, 4) is 11.5 Å². The largest absolute Gasteiger partial charge is 0.493 e. The Morgan fingerprint density at radius 2 is 1.93 bits per heavy atom. The first-order valence-corrected chi connectivity index (χ1v) is 15.8. The quantitative estimate of drug-likeness (QED) is 0.256.